The molecule has 1 aliphatic carbocycles. The van der Waals surface area contributed by atoms with Gasteiger partial charge in [0.1, 0.15) is 0 Å². The number of aromatic nitrogens is 1. The predicted molar refractivity (Wildman–Crippen MR) is 127 cm³/mol. The number of carbonyl (C=O) groups excluding carboxylic acids is 1. The summed E-state index contributed by atoms with van der Waals surface area (Å²) in [4.78, 5) is 18.0. The van der Waals surface area contributed by atoms with Gasteiger partial charge in [-0.25, -0.2) is 4.98 Å². The van der Waals surface area contributed by atoms with Crippen LogP contribution in [-0.2, 0) is 0 Å². The molecule has 154 valence electrons. The van der Waals surface area contributed by atoms with Gasteiger partial charge in [0.15, 0.2) is 0 Å². The van der Waals surface area contributed by atoms with E-state index in [0.29, 0.717) is 11.5 Å². The molecule has 1 aliphatic rings. The molecule has 5 rings (SSSR count). The zero-order chi connectivity index (χ0) is 21.0. The number of rotatable bonds is 4. The number of carbonyl (C=O) groups is 1. The number of hydrogen-bond donors (Lipinski definition) is 1. The smallest absolute Gasteiger partial charge is 0.256 e. The fourth-order valence-electron chi connectivity index (χ4n) is 4.59. The van der Waals surface area contributed by atoms with E-state index in [1.807, 2.05) is 72.8 Å². The fourth-order valence-corrected chi connectivity index (χ4v) is 4.59. The minimum Gasteiger partial charge on any atom is -0.322 e. The zero-order valence-corrected chi connectivity index (χ0v) is 17.6. The van der Waals surface area contributed by atoms with Crippen molar-refractivity contribution in [1.82, 2.24) is 4.98 Å². The summed E-state index contributed by atoms with van der Waals surface area (Å²) < 4.78 is 0. The molecule has 0 saturated heterocycles. The lowest BCUT2D eigenvalue weighted by Crippen LogP contribution is -2.13. The number of nitrogens with zero attached hydrogens (tertiary/aromatic N) is 1. The maximum absolute atomic E-state index is 13.3. The number of fused-ring (bicyclic) bond motifs is 1. The van der Waals surface area contributed by atoms with Gasteiger partial charge in [0.25, 0.3) is 5.91 Å². The molecule has 1 amide bonds. The first-order valence-electron chi connectivity index (χ1n) is 11.1. The molecule has 1 aromatic heterocycles. The largest absolute Gasteiger partial charge is 0.322 e. The molecule has 3 heteroatoms. The highest BCUT2D eigenvalue weighted by Crippen LogP contribution is 2.33. The van der Waals surface area contributed by atoms with E-state index in [9.17, 15) is 4.79 Å². The number of benzene rings is 3. The lowest BCUT2D eigenvalue weighted by molar-refractivity contribution is 0.102. The second kappa shape index (κ2) is 8.73. The van der Waals surface area contributed by atoms with Crippen molar-refractivity contribution < 1.29 is 4.79 Å². The first kappa shape index (κ1) is 19.5. The zero-order valence-electron chi connectivity index (χ0n) is 17.6. The molecule has 0 bridgehead atoms. The van der Waals surface area contributed by atoms with Gasteiger partial charge in [0.05, 0.1) is 16.8 Å². The van der Waals surface area contributed by atoms with Crippen LogP contribution >= 0.6 is 0 Å². The van der Waals surface area contributed by atoms with Crippen LogP contribution in [-0.4, -0.2) is 10.9 Å². The molecule has 1 fully saturated rings. The Labute approximate surface area is 183 Å². The Hall–Kier alpha value is -3.46. The number of pyridine rings is 1. The minimum atomic E-state index is -0.110. The summed E-state index contributed by atoms with van der Waals surface area (Å²) >= 11 is 0. The topological polar surface area (TPSA) is 42.0 Å². The van der Waals surface area contributed by atoms with Crippen LogP contribution in [0.5, 0.6) is 0 Å². The summed E-state index contributed by atoms with van der Waals surface area (Å²) in [6.45, 7) is 0. The molecular formula is C28H26N2O. The van der Waals surface area contributed by atoms with Crippen LogP contribution in [0.3, 0.4) is 0 Å². The number of nitrogens with one attached hydrogen (secondary N) is 1. The monoisotopic (exact) mass is 406 g/mol. The second-order valence-corrected chi connectivity index (χ2v) is 8.35. The van der Waals surface area contributed by atoms with E-state index < -0.39 is 0 Å². The molecule has 3 aromatic carbocycles. The maximum atomic E-state index is 13.3. The van der Waals surface area contributed by atoms with Gasteiger partial charge in [-0.2, -0.15) is 0 Å². The number of amides is 1. The third-order valence-corrected chi connectivity index (χ3v) is 6.28. The van der Waals surface area contributed by atoms with Crippen LogP contribution in [0.4, 0.5) is 5.69 Å². The molecule has 0 spiro atoms. The average molecular weight is 407 g/mol. The quantitative estimate of drug-likeness (QED) is 0.389. The van der Waals surface area contributed by atoms with Crippen molar-refractivity contribution in [1.29, 1.82) is 0 Å². The second-order valence-electron chi connectivity index (χ2n) is 8.35. The predicted octanol–water partition coefficient (Wildman–Crippen LogP) is 7.20. The molecule has 0 radical (unpaired) electrons. The van der Waals surface area contributed by atoms with Crippen molar-refractivity contribution in [2.45, 2.75) is 38.0 Å². The van der Waals surface area contributed by atoms with Gasteiger partial charge >= 0.3 is 0 Å². The SMILES string of the molecule is O=C(Nc1ccc(C2CCCCC2)cc1)c1cc(-c2ccccc2)nc2ccccc12. The van der Waals surface area contributed by atoms with Crippen molar-refractivity contribution in [3.63, 3.8) is 0 Å². The summed E-state index contributed by atoms with van der Waals surface area (Å²) in [5.41, 5.74) is 5.48. The lowest BCUT2D eigenvalue weighted by Gasteiger charge is -2.22. The molecule has 1 saturated carbocycles. The molecule has 31 heavy (non-hydrogen) atoms. The van der Waals surface area contributed by atoms with Crippen LogP contribution in [0.2, 0.25) is 0 Å². The van der Waals surface area contributed by atoms with Crippen LogP contribution in [0, 0.1) is 0 Å². The minimum absolute atomic E-state index is 0.110. The molecule has 3 nitrogen and oxygen atoms in total. The molecular weight excluding hydrogens is 380 g/mol. The van der Waals surface area contributed by atoms with Crippen molar-refractivity contribution in [3.8, 4) is 11.3 Å². The Morgan fingerprint density at radius 1 is 0.806 bits per heavy atom. The summed E-state index contributed by atoms with van der Waals surface area (Å²) in [7, 11) is 0. The summed E-state index contributed by atoms with van der Waals surface area (Å²) in [5, 5.41) is 3.95. The molecule has 0 atom stereocenters. The van der Waals surface area contributed by atoms with E-state index in [4.69, 9.17) is 4.98 Å². The third kappa shape index (κ3) is 4.22. The van der Waals surface area contributed by atoms with Gasteiger partial charge in [0, 0.05) is 16.6 Å². The average Bonchev–Trinajstić information content (AvgIpc) is 2.85. The Bertz CT molecular complexity index is 1190. The van der Waals surface area contributed by atoms with Gasteiger partial charge in [-0.1, -0.05) is 79.9 Å². The molecule has 1 N–H and O–H groups in total. The Morgan fingerprint density at radius 2 is 1.52 bits per heavy atom. The third-order valence-electron chi connectivity index (χ3n) is 6.28. The summed E-state index contributed by atoms with van der Waals surface area (Å²) in [6.07, 6.45) is 6.55. The maximum Gasteiger partial charge on any atom is 0.256 e. The highest BCUT2D eigenvalue weighted by molar-refractivity contribution is 6.13. The van der Waals surface area contributed by atoms with Crippen molar-refractivity contribution in [3.05, 3.63) is 96.1 Å². The molecule has 0 unspecified atom stereocenters. The highest BCUT2D eigenvalue weighted by Gasteiger charge is 2.17. The van der Waals surface area contributed by atoms with E-state index in [0.717, 1.165) is 27.8 Å². The normalized spacial score (nSPS) is 14.5. The van der Waals surface area contributed by atoms with Gasteiger partial charge in [0.2, 0.25) is 0 Å². The van der Waals surface area contributed by atoms with E-state index in [2.05, 4.69) is 17.4 Å². The van der Waals surface area contributed by atoms with Crippen LogP contribution in [0.25, 0.3) is 22.2 Å². The van der Waals surface area contributed by atoms with E-state index in [-0.39, 0.29) is 5.91 Å². The number of hydrogen-bond acceptors (Lipinski definition) is 2. The van der Waals surface area contributed by atoms with E-state index in [1.54, 1.807) is 0 Å². The Morgan fingerprint density at radius 3 is 2.29 bits per heavy atom. The van der Waals surface area contributed by atoms with Crippen LogP contribution in [0.15, 0.2) is 84.9 Å². The van der Waals surface area contributed by atoms with Gasteiger partial charge in [-0.05, 0) is 48.6 Å². The first-order valence-corrected chi connectivity index (χ1v) is 11.1. The summed E-state index contributed by atoms with van der Waals surface area (Å²) in [6, 6.07) is 28.1. The van der Waals surface area contributed by atoms with E-state index >= 15 is 0 Å². The van der Waals surface area contributed by atoms with Crippen LogP contribution < -0.4 is 5.32 Å². The summed E-state index contributed by atoms with van der Waals surface area (Å²) in [5.74, 6) is 0.553. The van der Waals surface area contributed by atoms with Gasteiger partial charge < -0.3 is 5.32 Å². The molecule has 1 heterocycles. The lowest BCUT2D eigenvalue weighted by atomic mass is 9.84. The Balaban J connectivity index is 1.44. The van der Waals surface area contributed by atoms with Crippen molar-refractivity contribution in [2.24, 2.45) is 0 Å². The first-order chi connectivity index (χ1) is 15.3. The van der Waals surface area contributed by atoms with Crippen LogP contribution in [0.1, 0.15) is 53.9 Å². The highest BCUT2D eigenvalue weighted by atomic mass is 16.1. The van der Waals surface area contributed by atoms with Crippen molar-refractivity contribution >= 4 is 22.5 Å². The van der Waals surface area contributed by atoms with Gasteiger partial charge in [-0.15, -0.1) is 0 Å². The van der Waals surface area contributed by atoms with Crippen molar-refractivity contribution in [2.75, 3.05) is 5.32 Å². The van der Waals surface area contributed by atoms with Gasteiger partial charge in [-0.3, -0.25) is 4.79 Å². The van der Waals surface area contributed by atoms with E-state index in [1.165, 1.54) is 37.7 Å². The number of para-hydroxylation sites is 1. The standard InChI is InChI=1S/C28H26N2O/c31-28(29-23-17-15-21(16-18-23)20-9-3-1-4-10-20)25-19-27(22-11-5-2-6-12-22)30-26-14-8-7-13-24(25)26/h2,5-8,11-20H,1,3-4,9-10H2,(H,29,31). The molecule has 0 aliphatic heterocycles. The number of anilines is 1. The Kier molecular flexibility index (Phi) is 5.49. The molecule has 4 aromatic rings. The fraction of sp³-hybridized carbons (Fsp3) is 0.214.